The topological polar surface area (TPSA) is 29.5 Å². The number of esters is 1. The van der Waals surface area contributed by atoms with Gasteiger partial charge in [0.25, 0.3) is 0 Å². The van der Waals surface area contributed by atoms with Crippen LogP contribution in [-0.2, 0) is 9.53 Å². The Bertz CT molecular complexity index is 473. The molecule has 0 N–H and O–H groups in total. The lowest BCUT2D eigenvalue weighted by Crippen LogP contribution is -2.55. The van der Waals surface area contributed by atoms with Crippen molar-refractivity contribution >= 4 is 5.97 Å². The molecule has 2 saturated heterocycles. The van der Waals surface area contributed by atoms with Gasteiger partial charge in [0.2, 0.25) is 0 Å². The standard InChI is InChI=1S/C16H21NO2/c1-17-14-8-9-16(17,15(18)19-2)11-13(10-14)12-6-4-3-5-7-12/h3-7,13-14H,8-11H2,1-2H3/t13-,14-,16+/m0/s1. The van der Waals surface area contributed by atoms with Gasteiger partial charge in [-0.3, -0.25) is 9.69 Å². The van der Waals surface area contributed by atoms with Crippen molar-refractivity contribution in [2.45, 2.75) is 43.2 Å². The van der Waals surface area contributed by atoms with Crippen LogP contribution in [0.1, 0.15) is 37.2 Å². The molecule has 3 heteroatoms. The Morgan fingerprint density at radius 1 is 1.37 bits per heavy atom. The van der Waals surface area contributed by atoms with E-state index in [1.165, 1.54) is 12.7 Å². The molecule has 3 atom stereocenters. The van der Waals surface area contributed by atoms with Crippen molar-refractivity contribution in [3.8, 4) is 0 Å². The molecule has 0 aliphatic carbocycles. The smallest absolute Gasteiger partial charge is 0.326 e. The number of ether oxygens (including phenoxy) is 1. The molecular weight excluding hydrogens is 238 g/mol. The second kappa shape index (κ2) is 4.64. The molecule has 2 heterocycles. The molecule has 0 unspecified atom stereocenters. The number of rotatable bonds is 2. The maximum Gasteiger partial charge on any atom is 0.326 e. The number of carbonyl (C=O) groups is 1. The summed E-state index contributed by atoms with van der Waals surface area (Å²) in [5.41, 5.74) is 0.967. The van der Waals surface area contributed by atoms with Crippen LogP contribution in [0.3, 0.4) is 0 Å². The number of hydrogen-bond donors (Lipinski definition) is 0. The molecule has 19 heavy (non-hydrogen) atoms. The molecule has 3 rings (SSSR count). The van der Waals surface area contributed by atoms with Crippen LogP contribution >= 0.6 is 0 Å². The van der Waals surface area contributed by atoms with Crippen LogP contribution in [0.25, 0.3) is 0 Å². The largest absolute Gasteiger partial charge is 0.468 e. The van der Waals surface area contributed by atoms with Crippen molar-refractivity contribution in [2.75, 3.05) is 14.2 Å². The molecule has 0 spiro atoms. The Balaban J connectivity index is 1.92. The molecule has 2 aliphatic rings. The Morgan fingerprint density at radius 3 is 2.79 bits per heavy atom. The van der Waals surface area contributed by atoms with E-state index in [1.807, 2.05) is 6.07 Å². The van der Waals surface area contributed by atoms with E-state index in [9.17, 15) is 4.79 Å². The minimum Gasteiger partial charge on any atom is -0.468 e. The summed E-state index contributed by atoms with van der Waals surface area (Å²) >= 11 is 0. The van der Waals surface area contributed by atoms with Crippen molar-refractivity contribution in [3.05, 3.63) is 35.9 Å². The molecule has 0 aromatic heterocycles. The van der Waals surface area contributed by atoms with E-state index in [4.69, 9.17) is 4.74 Å². The average molecular weight is 259 g/mol. The van der Waals surface area contributed by atoms with Crippen molar-refractivity contribution in [3.63, 3.8) is 0 Å². The van der Waals surface area contributed by atoms with Gasteiger partial charge >= 0.3 is 5.97 Å². The summed E-state index contributed by atoms with van der Waals surface area (Å²) in [6, 6.07) is 11.1. The van der Waals surface area contributed by atoms with Gasteiger partial charge in [-0.25, -0.2) is 0 Å². The summed E-state index contributed by atoms with van der Waals surface area (Å²) < 4.78 is 5.08. The van der Waals surface area contributed by atoms with E-state index in [-0.39, 0.29) is 5.97 Å². The fraction of sp³-hybridized carbons (Fsp3) is 0.562. The SMILES string of the molecule is COC(=O)[C@@]12CC[C@@H](C[C@H](c3ccccc3)C1)N2C. The third-order valence-corrected chi connectivity index (χ3v) is 5.09. The lowest BCUT2D eigenvalue weighted by atomic mass is 9.78. The van der Waals surface area contributed by atoms with Crippen molar-refractivity contribution in [1.29, 1.82) is 0 Å². The first-order valence-electron chi connectivity index (χ1n) is 7.03. The van der Waals surface area contributed by atoms with Crippen LogP contribution in [0.5, 0.6) is 0 Å². The second-order valence-electron chi connectivity index (χ2n) is 5.87. The number of piperidine rings is 1. The predicted octanol–water partition coefficient (Wildman–Crippen LogP) is 2.57. The maximum atomic E-state index is 12.3. The van der Waals surface area contributed by atoms with Gasteiger partial charge in [0.15, 0.2) is 0 Å². The van der Waals surface area contributed by atoms with Crippen LogP contribution in [0, 0.1) is 0 Å². The number of methoxy groups -OCH3 is 1. The quantitative estimate of drug-likeness (QED) is 0.765. The summed E-state index contributed by atoms with van der Waals surface area (Å²) in [7, 11) is 3.58. The normalized spacial score (nSPS) is 34.2. The van der Waals surface area contributed by atoms with Gasteiger partial charge in [-0.15, -0.1) is 0 Å². The molecule has 0 radical (unpaired) electrons. The fourth-order valence-electron chi connectivity index (χ4n) is 3.96. The van der Waals surface area contributed by atoms with E-state index in [1.54, 1.807) is 0 Å². The van der Waals surface area contributed by atoms with E-state index in [2.05, 4.69) is 36.2 Å². The van der Waals surface area contributed by atoms with Crippen LogP contribution in [0.15, 0.2) is 30.3 Å². The van der Waals surface area contributed by atoms with Crippen LogP contribution in [0.2, 0.25) is 0 Å². The average Bonchev–Trinajstić information content (AvgIpc) is 2.67. The van der Waals surface area contributed by atoms with E-state index < -0.39 is 5.54 Å². The third kappa shape index (κ3) is 1.88. The van der Waals surface area contributed by atoms with Gasteiger partial charge < -0.3 is 4.74 Å². The minimum atomic E-state index is -0.391. The number of likely N-dealkylation sites (N-methyl/N-ethyl adjacent to an activating group) is 1. The molecule has 3 nitrogen and oxygen atoms in total. The molecule has 0 saturated carbocycles. The van der Waals surface area contributed by atoms with E-state index in [0.29, 0.717) is 12.0 Å². The molecule has 1 aromatic carbocycles. The van der Waals surface area contributed by atoms with E-state index >= 15 is 0 Å². The summed E-state index contributed by atoms with van der Waals surface area (Å²) in [5.74, 6) is 0.419. The molecule has 2 fully saturated rings. The van der Waals surface area contributed by atoms with Gasteiger partial charge in [0, 0.05) is 6.04 Å². The van der Waals surface area contributed by atoms with Gasteiger partial charge in [0.05, 0.1) is 7.11 Å². The number of fused-ring (bicyclic) bond motifs is 2. The number of carbonyl (C=O) groups excluding carboxylic acids is 1. The van der Waals surface area contributed by atoms with Gasteiger partial charge in [-0.2, -0.15) is 0 Å². The van der Waals surface area contributed by atoms with Gasteiger partial charge in [0.1, 0.15) is 5.54 Å². The first-order chi connectivity index (χ1) is 9.17. The van der Waals surface area contributed by atoms with Crippen LogP contribution in [0.4, 0.5) is 0 Å². The summed E-state index contributed by atoms with van der Waals surface area (Å²) in [6.07, 6.45) is 4.08. The number of nitrogens with zero attached hydrogens (tertiary/aromatic N) is 1. The van der Waals surface area contributed by atoms with E-state index in [0.717, 1.165) is 25.7 Å². The monoisotopic (exact) mass is 259 g/mol. The number of benzene rings is 1. The first kappa shape index (κ1) is 12.7. The summed E-state index contributed by atoms with van der Waals surface area (Å²) in [5, 5.41) is 0. The zero-order valence-corrected chi connectivity index (χ0v) is 11.6. The molecule has 2 aliphatic heterocycles. The van der Waals surface area contributed by atoms with Crippen molar-refractivity contribution in [2.24, 2.45) is 0 Å². The fourth-order valence-corrected chi connectivity index (χ4v) is 3.96. The van der Waals surface area contributed by atoms with Crippen molar-refractivity contribution < 1.29 is 9.53 Å². The minimum absolute atomic E-state index is 0.0573. The summed E-state index contributed by atoms with van der Waals surface area (Å²) in [4.78, 5) is 14.5. The zero-order valence-electron chi connectivity index (χ0n) is 11.6. The highest BCUT2D eigenvalue weighted by molar-refractivity contribution is 5.81. The lowest BCUT2D eigenvalue weighted by Gasteiger charge is -2.43. The highest BCUT2D eigenvalue weighted by atomic mass is 16.5. The van der Waals surface area contributed by atoms with Gasteiger partial charge in [-0.1, -0.05) is 30.3 Å². The van der Waals surface area contributed by atoms with Crippen LogP contribution in [-0.4, -0.2) is 36.6 Å². The van der Waals surface area contributed by atoms with Crippen LogP contribution < -0.4 is 0 Å². The molecular formula is C16H21NO2. The third-order valence-electron chi connectivity index (χ3n) is 5.09. The molecule has 102 valence electrons. The summed E-state index contributed by atoms with van der Waals surface area (Å²) in [6.45, 7) is 0. The molecule has 0 amide bonds. The van der Waals surface area contributed by atoms with Crippen molar-refractivity contribution in [1.82, 2.24) is 4.90 Å². The second-order valence-corrected chi connectivity index (χ2v) is 5.87. The highest BCUT2D eigenvalue weighted by Crippen LogP contribution is 2.49. The Labute approximate surface area is 114 Å². The highest BCUT2D eigenvalue weighted by Gasteiger charge is 2.55. The number of hydrogen-bond acceptors (Lipinski definition) is 3. The van der Waals surface area contributed by atoms with Gasteiger partial charge in [-0.05, 0) is 44.2 Å². The molecule has 2 bridgehead atoms. The Kier molecular flexibility index (Phi) is 3.09. The first-order valence-corrected chi connectivity index (χ1v) is 7.03. The Hall–Kier alpha value is -1.35. The zero-order chi connectivity index (χ0) is 13.5. The lowest BCUT2D eigenvalue weighted by molar-refractivity contribution is -0.156. The molecule has 1 aromatic rings. The maximum absolute atomic E-state index is 12.3. The predicted molar refractivity (Wildman–Crippen MR) is 73.9 cm³/mol. The Morgan fingerprint density at radius 2 is 2.11 bits per heavy atom.